The molecule has 0 unspecified atom stereocenters. The third-order valence-corrected chi connectivity index (χ3v) is 11.5. The number of fused-ring (bicyclic) bond motifs is 3. The molecule has 0 spiro atoms. The first-order chi connectivity index (χ1) is 30.2. The lowest BCUT2D eigenvalue weighted by molar-refractivity contribution is 0.953. The molecule has 0 saturated heterocycles. The highest BCUT2D eigenvalue weighted by atomic mass is 15.2. The van der Waals surface area contributed by atoms with E-state index in [9.17, 15) is 0 Å². The summed E-state index contributed by atoms with van der Waals surface area (Å²) in [6.07, 6.45) is 0. The molecular formula is C57H38N4. The molecule has 0 bridgehead atoms. The van der Waals surface area contributed by atoms with Crippen LogP contribution in [0.1, 0.15) is 0 Å². The summed E-state index contributed by atoms with van der Waals surface area (Å²) < 4.78 is 2.23. The second kappa shape index (κ2) is 15.5. The lowest BCUT2D eigenvalue weighted by Gasteiger charge is -2.14. The van der Waals surface area contributed by atoms with Gasteiger partial charge in [-0.15, -0.1) is 0 Å². The predicted molar refractivity (Wildman–Crippen MR) is 252 cm³/mol. The highest BCUT2D eigenvalue weighted by Crippen LogP contribution is 2.43. The second-order valence-corrected chi connectivity index (χ2v) is 15.3. The molecule has 61 heavy (non-hydrogen) atoms. The van der Waals surface area contributed by atoms with Crippen LogP contribution in [0.4, 0.5) is 0 Å². The Morgan fingerprint density at radius 2 is 0.672 bits per heavy atom. The van der Waals surface area contributed by atoms with Gasteiger partial charge in [-0.25, -0.2) is 4.98 Å². The third-order valence-electron chi connectivity index (χ3n) is 11.5. The fraction of sp³-hybridized carbons (Fsp3) is 0. The van der Waals surface area contributed by atoms with Crippen molar-refractivity contribution in [2.45, 2.75) is 0 Å². The van der Waals surface area contributed by atoms with Gasteiger partial charge >= 0.3 is 0 Å². The summed E-state index contributed by atoms with van der Waals surface area (Å²) in [6.45, 7) is 0. The highest BCUT2D eigenvalue weighted by Gasteiger charge is 2.22. The van der Waals surface area contributed by atoms with E-state index < -0.39 is 0 Å². The molecule has 0 atom stereocenters. The average molecular weight is 779 g/mol. The Kier molecular flexibility index (Phi) is 9.14. The zero-order chi connectivity index (χ0) is 40.5. The van der Waals surface area contributed by atoms with E-state index >= 15 is 0 Å². The Morgan fingerprint density at radius 1 is 0.262 bits per heavy atom. The number of hydrogen-bond donors (Lipinski definition) is 0. The van der Waals surface area contributed by atoms with Crippen molar-refractivity contribution in [3.05, 3.63) is 231 Å². The van der Waals surface area contributed by atoms with Crippen LogP contribution in [-0.4, -0.2) is 19.5 Å². The molecule has 9 aromatic carbocycles. The van der Waals surface area contributed by atoms with Crippen molar-refractivity contribution >= 4 is 21.8 Å². The maximum atomic E-state index is 5.33. The Labute approximate surface area is 354 Å². The molecule has 286 valence electrons. The van der Waals surface area contributed by atoms with Crippen molar-refractivity contribution in [2.24, 2.45) is 0 Å². The van der Waals surface area contributed by atoms with Crippen molar-refractivity contribution in [3.8, 4) is 84.4 Å². The normalized spacial score (nSPS) is 11.3. The van der Waals surface area contributed by atoms with Crippen molar-refractivity contribution in [1.29, 1.82) is 0 Å². The summed E-state index contributed by atoms with van der Waals surface area (Å²) in [5.74, 6) is 1.78. The second-order valence-electron chi connectivity index (χ2n) is 15.3. The zero-order valence-electron chi connectivity index (χ0n) is 33.2. The molecular weight excluding hydrogens is 741 g/mol. The maximum absolute atomic E-state index is 5.33. The Hall–Kier alpha value is -8.21. The third kappa shape index (κ3) is 6.86. The first kappa shape index (κ1) is 35.9. The van der Waals surface area contributed by atoms with Gasteiger partial charge in [0.25, 0.3) is 0 Å². The first-order valence-corrected chi connectivity index (χ1v) is 20.6. The molecule has 4 heteroatoms. The van der Waals surface area contributed by atoms with Gasteiger partial charge in [-0.3, -0.25) is 4.57 Å². The van der Waals surface area contributed by atoms with Gasteiger partial charge in [0.15, 0.2) is 11.6 Å². The molecule has 4 nitrogen and oxygen atoms in total. The summed E-state index contributed by atoms with van der Waals surface area (Å²) >= 11 is 0. The summed E-state index contributed by atoms with van der Waals surface area (Å²) in [4.78, 5) is 15.7. The minimum atomic E-state index is 0.557. The molecule has 0 aliphatic carbocycles. The molecule has 0 aliphatic heterocycles. The zero-order valence-corrected chi connectivity index (χ0v) is 33.2. The maximum Gasteiger partial charge on any atom is 0.238 e. The van der Waals surface area contributed by atoms with Gasteiger partial charge in [-0.1, -0.05) is 200 Å². The minimum absolute atomic E-state index is 0.557. The monoisotopic (exact) mass is 778 g/mol. The Bertz CT molecular complexity index is 3320. The number of hydrogen-bond acceptors (Lipinski definition) is 3. The first-order valence-electron chi connectivity index (χ1n) is 20.6. The van der Waals surface area contributed by atoms with E-state index in [-0.39, 0.29) is 0 Å². The van der Waals surface area contributed by atoms with Gasteiger partial charge < -0.3 is 0 Å². The lowest BCUT2D eigenvalue weighted by Crippen LogP contribution is -2.06. The number of benzene rings is 9. The van der Waals surface area contributed by atoms with Gasteiger partial charge in [0.05, 0.1) is 11.0 Å². The van der Waals surface area contributed by atoms with Gasteiger partial charge in [0, 0.05) is 21.9 Å². The van der Waals surface area contributed by atoms with Crippen LogP contribution < -0.4 is 0 Å². The number of nitrogens with zero attached hydrogens (tertiary/aromatic N) is 4. The van der Waals surface area contributed by atoms with Gasteiger partial charge in [0.2, 0.25) is 5.95 Å². The molecule has 2 heterocycles. The minimum Gasteiger partial charge on any atom is -0.278 e. The fourth-order valence-corrected chi connectivity index (χ4v) is 8.46. The molecule has 0 saturated carbocycles. The average Bonchev–Trinajstić information content (AvgIpc) is 3.69. The predicted octanol–water partition coefficient (Wildman–Crippen LogP) is 14.6. The van der Waals surface area contributed by atoms with Crippen molar-refractivity contribution in [1.82, 2.24) is 19.5 Å². The van der Waals surface area contributed by atoms with Crippen LogP contribution in [0.5, 0.6) is 0 Å². The molecule has 0 amide bonds. The quantitative estimate of drug-likeness (QED) is 0.154. The molecule has 0 fully saturated rings. The SMILES string of the molecule is c1ccc(-c2ccc(-c3nc(-c4ccccc4)nc(-n4c5ccccc5c5c(-c6cccc(-c7ccccc7)c6)cc(-c6cccc(-c7ccccc7)c6)cc54)n3)cc2)cc1. The van der Waals surface area contributed by atoms with Crippen molar-refractivity contribution in [3.63, 3.8) is 0 Å². The largest absolute Gasteiger partial charge is 0.278 e. The van der Waals surface area contributed by atoms with E-state index in [1.54, 1.807) is 0 Å². The summed E-state index contributed by atoms with van der Waals surface area (Å²) in [7, 11) is 0. The molecule has 11 rings (SSSR count). The van der Waals surface area contributed by atoms with Crippen molar-refractivity contribution < 1.29 is 0 Å². The van der Waals surface area contributed by atoms with Gasteiger partial charge in [0.1, 0.15) is 0 Å². The van der Waals surface area contributed by atoms with Crippen LogP contribution in [0.3, 0.4) is 0 Å². The van der Waals surface area contributed by atoms with E-state index in [2.05, 4.69) is 211 Å². The summed E-state index contributed by atoms with van der Waals surface area (Å²) in [6, 6.07) is 81.3. The van der Waals surface area contributed by atoms with E-state index in [4.69, 9.17) is 15.0 Å². The van der Waals surface area contributed by atoms with Crippen LogP contribution in [0.25, 0.3) is 106 Å². The fourth-order valence-electron chi connectivity index (χ4n) is 8.46. The van der Waals surface area contributed by atoms with E-state index in [0.29, 0.717) is 17.6 Å². The van der Waals surface area contributed by atoms with Crippen LogP contribution in [0, 0.1) is 0 Å². The topological polar surface area (TPSA) is 43.6 Å². The van der Waals surface area contributed by atoms with Gasteiger partial charge in [-0.2, -0.15) is 9.97 Å². The molecule has 2 aromatic heterocycles. The van der Waals surface area contributed by atoms with Crippen LogP contribution in [0.15, 0.2) is 231 Å². The van der Waals surface area contributed by atoms with Crippen molar-refractivity contribution in [2.75, 3.05) is 0 Å². The molecule has 11 aromatic rings. The van der Waals surface area contributed by atoms with E-state index in [1.165, 1.54) is 22.3 Å². The van der Waals surface area contributed by atoms with E-state index in [1.807, 2.05) is 24.3 Å². The van der Waals surface area contributed by atoms with Gasteiger partial charge in [-0.05, 0) is 86.0 Å². The highest BCUT2D eigenvalue weighted by molar-refractivity contribution is 6.17. The standard InChI is InChI=1S/C57H38N4/c1-5-17-39(18-6-1)42-31-33-44(34-32-42)56-58-55(43-23-11-4-12-24-43)59-57(60-56)61-52-30-14-13-29-50(52)54-51(48-28-16-26-46(36-48)41-21-9-3-10-22-41)37-49(38-53(54)61)47-27-15-25-45(35-47)40-19-7-2-8-20-40/h1-38H. The molecule has 0 radical (unpaired) electrons. The molecule has 0 N–H and O–H groups in total. The lowest BCUT2D eigenvalue weighted by atomic mass is 9.92. The summed E-state index contributed by atoms with van der Waals surface area (Å²) in [5, 5.41) is 2.26. The smallest absolute Gasteiger partial charge is 0.238 e. The number of para-hydroxylation sites is 1. The summed E-state index contributed by atoms with van der Waals surface area (Å²) in [5.41, 5.74) is 15.4. The Morgan fingerprint density at radius 3 is 1.26 bits per heavy atom. The van der Waals surface area contributed by atoms with Crippen LogP contribution in [-0.2, 0) is 0 Å². The number of rotatable bonds is 8. The molecule has 0 aliphatic rings. The number of aromatic nitrogens is 4. The van der Waals surface area contributed by atoms with Crippen LogP contribution >= 0.6 is 0 Å². The Balaban J connectivity index is 1.18. The van der Waals surface area contributed by atoms with E-state index in [0.717, 1.165) is 66.3 Å². The van der Waals surface area contributed by atoms with Crippen LogP contribution in [0.2, 0.25) is 0 Å².